The molecule has 2 aromatic carbocycles. The van der Waals surface area contributed by atoms with E-state index in [1.54, 1.807) is 60.8 Å². The van der Waals surface area contributed by atoms with E-state index in [1.807, 2.05) is 0 Å². The van der Waals surface area contributed by atoms with Crippen LogP contribution in [0.4, 0.5) is 4.39 Å². The Kier molecular flexibility index (Phi) is 5.10. The van der Waals surface area contributed by atoms with E-state index in [1.165, 1.54) is 23.8 Å². The minimum atomic E-state index is -0.477. The van der Waals surface area contributed by atoms with Gasteiger partial charge in [0.15, 0.2) is 17.2 Å². The standard InChI is InChI=1S/C24H16FN3O2/c1-3-16-6-10-18(11-7-16)28-22(27-23-19(24(28)29)5-4-14-26-23)13-9-17-8-12-21(30-2)20(25)15-17/h1,4-15H,2H3. The van der Waals surface area contributed by atoms with Crippen LogP contribution in [-0.4, -0.2) is 21.6 Å². The molecule has 4 aromatic rings. The molecule has 0 bridgehead atoms. The van der Waals surface area contributed by atoms with Crippen molar-refractivity contribution in [2.45, 2.75) is 0 Å². The maximum absolute atomic E-state index is 14.0. The van der Waals surface area contributed by atoms with Gasteiger partial charge >= 0.3 is 0 Å². The highest BCUT2D eigenvalue weighted by Crippen LogP contribution is 2.20. The highest BCUT2D eigenvalue weighted by molar-refractivity contribution is 5.77. The van der Waals surface area contributed by atoms with Gasteiger partial charge in [0.2, 0.25) is 0 Å². The summed E-state index contributed by atoms with van der Waals surface area (Å²) in [5, 5.41) is 0.395. The molecular weight excluding hydrogens is 381 g/mol. The molecule has 0 unspecified atom stereocenters. The van der Waals surface area contributed by atoms with E-state index in [9.17, 15) is 9.18 Å². The smallest absolute Gasteiger partial charge is 0.267 e. The Morgan fingerprint density at radius 3 is 2.63 bits per heavy atom. The van der Waals surface area contributed by atoms with Gasteiger partial charge in [-0.25, -0.2) is 14.4 Å². The van der Waals surface area contributed by atoms with Gasteiger partial charge < -0.3 is 4.74 Å². The largest absolute Gasteiger partial charge is 0.494 e. The highest BCUT2D eigenvalue weighted by Gasteiger charge is 2.12. The van der Waals surface area contributed by atoms with E-state index in [2.05, 4.69) is 15.9 Å². The first-order valence-corrected chi connectivity index (χ1v) is 9.07. The second kappa shape index (κ2) is 8.02. The monoisotopic (exact) mass is 397 g/mol. The number of terminal acetylenes is 1. The molecule has 0 fully saturated rings. The van der Waals surface area contributed by atoms with Crippen LogP contribution in [0.2, 0.25) is 0 Å². The molecule has 0 saturated heterocycles. The molecule has 0 aliphatic rings. The van der Waals surface area contributed by atoms with Crippen molar-refractivity contribution < 1.29 is 9.13 Å². The third-order valence-electron chi connectivity index (χ3n) is 4.56. The number of hydrogen-bond donors (Lipinski definition) is 0. The number of rotatable bonds is 4. The van der Waals surface area contributed by atoms with Crippen molar-refractivity contribution in [3.8, 4) is 23.8 Å². The second-order valence-electron chi connectivity index (χ2n) is 6.40. The van der Waals surface area contributed by atoms with Gasteiger partial charge in [0, 0.05) is 11.8 Å². The fraction of sp³-hybridized carbons (Fsp3) is 0.0417. The van der Waals surface area contributed by atoms with Crippen molar-refractivity contribution in [3.63, 3.8) is 0 Å². The van der Waals surface area contributed by atoms with Crippen molar-refractivity contribution in [2.75, 3.05) is 7.11 Å². The summed E-state index contributed by atoms with van der Waals surface area (Å²) < 4.78 is 20.4. The molecule has 30 heavy (non-hydrogen) atoms. The molecule has 6 heteroatoms. The fourth-order valence-electron chi connectivity index (χ4n) is 3.06. The lowest BCUT2D eigenvalue weighted by Crippen LogP contribution is -2.22. The first-order valence-electron chi connectivity index (χ1n) is 9.07. The van der Waals surface area contributed by atoms with Crippen molar-refractivity contribution in [1.29, 1.82) is 0 Å². The molecule has 0 spiro atoms. The molecule has 2 aromatic heterocycles. The Morgan fingerprint density at radius 1 is 1.13 bits per heavy atom. The van der Waals surface area contributed by atoms with Crippen LogP contribution < -0.4 is 10.3 Å². The van der Waals surface area contributed by atoms with Gasteiger partial charge in [-0.05, 0) is 60.2 Å². The van der Waals surface area contributed by atoms with Crippen molar-refractivity contribution in [2.24, 2.45) is 0 Å². The van der Waals surface area contributed by atoms with Crippen LogP contribution in [-0.2, 0) is 0 Å². The van der Waals surface area contributed by atoms with E-state index in [4.69, 9.17) is 11.2 Å². The van der Waals surface area contributed by atoms with Crippen LogP contribution in [0.25, 0.3) is 28.9 Å². The lowest BCUT2D eigenvalue weighted by molar-refractivity contribution is 0.386. The van der Waals surface area contributed by atoms with Crippen LogP contribution in [0.3, 0.4) is 0 Å². The summed E-state index contributed by atoms with van der Waals surface area (Å²) in [7, 11) is 1.41. The van der Waals surface area contributed by atoms with Crippen LogP contribution in [0.15, 0.2) is 65.6 Å². The summed E-state index contributed by atoms with van der Waals surface area (Å²) in [5.41, 5.74) is 1.98. The summed E-state index contributed by atoms with van der Waals surface area (Å²) in [5.74, 6) is 2.59. The third-order valence-corrected chi connectivity index (χ3v) is 4.56. The molecule has 4 rings (SSSR count). The zero-order valence-corrected chi connectivity index (χ0v) is 16.0. The predicted octanol–water partition coefficient (Wildman–Crippen LogP) is 4.08. The molecule has 0 N–H and O–H groups in total. The average molecular weight is 397 g/mol. The van der Waals surface area contributed by atoms with Gasteiger partial charge in [-0.3, -0.25) is 9.36 Å². The molecule has 0 aliphatic heterocycles. The lowest BCUT2D eigenvalue weighted by atomic mass is 10.2. The number of halogens is 1. The molecule has 2 heterocycles. The van der Waals surface area contributed by atoms with E-state index in [0.717, 1.165) is 0 Å². The molecule has 0 amide bonds. The van der Waals surface area contributed by atoms with Gasteiger partial charge in [0.25, 0.3) is 5.56 Å². The molecule has 0 aliphatic carbocycles. The van der Waals surface area contributed by atoms with Crippen LogP contribution in [0.1, 0.15) is 17.0 Å². The fourth-order valence-corrected chi connectivity index (χ4v) is 3.06. The molecule has 0 saturated carbocycles. The third kappa shape index (κ3) is 3.56. The summed E-state index contributed by atoms with van der Waals surface area (Å²) in [6, 6.07) is 15.0. The Labute approximate surface area is 172 Å². The maximum atomic E-state index is 14.0. The summed E-state index contributed by atoms with van der Waals surface area (Å²) >= 11 is 0. The first-order chi connectivity index (χ1) is 14.6. The number of benzene rings is 2. The van der Waals surface area contributed by atoms with Gasteiger partial charge in [0.1, 0.15) is 5.82 Å². The molecule has 0 atom stereocenters. The molecule has 146 valence electrons. The van der Waals surface area contributed by atoms with Gasteiger partial charge in [-0.15, -0.1) is 6.42 Å². The predicted molar refractivity (Wildman–Crippen MR) is 115 cm³/mol. The van der Waals surface area contributed by atoms with Gasteiger partial charge in [0.05, 0.1) is 18.2 Å². The van der Waals surface area contributed by atoms with Gasteiger partial charge in [-0.2, -0.15) is 0 Å². The minimum Gasteiger partial charge on any atom is -0.494 e. The number of pyridine rings is 1. The number of aromatic nitrogens is 3. The Balaban J connectivity index is 1.88. The summed E-state index contributed by atoms with van der Waals surface area (Å²) in [6.07, 6.45) is 10.3. The van der Waals surface area contributed by atoms with E-state index >= 15 is 0 Å². The maximum Gasteiger partial charge on any atom is 0.267 e. The zero-order chi connectivity index (χ0) is 21.1. The first kappa shape index (κ1) is 19.1. The van der Waals surface area contributed by atoms with Crippen molar-refractivity contribution >= 4 is 23.2 Å². The Morgan fingerprint density at radius 2 is 1.93 bits per heavy atom. The SMILES string of the molecule is C#Cc1ccc(-n2c(C=Cc3ccc(OC)c(F)c3)nc3ncccc3c2=O)cc1. The second-order valence-corrected chi connectivity index (χ2v) is 6.40. The normalized spacial score (nSPS) is 11.0. The summed E-state index contributed by atoms with van der Waals surface area (Å²) in [4.78, 5) is 21.9. The molecular formula is C24H16FN3O2. The zero-order valence-electron chi connectivity index (χ0n) is 16.0. The number of methoxy groups -OCH3 is 1. The molecule has 5 nitrogen and oxygen atoms in total. The highest BCUT2D eigenvalue weighted by atomic mass is 19.1. The lowest BCUT2D eigenvalue weighted by Gasteiger charge is -2.11. The van der Waals surface area contributed by atoms with Crippen LogP contribution in [0.5, 0.6) is 5.75 Å². The van der Waals surface area contributed by atoms with Crippen LogP contribution >= 0.6 is 0 Å². The van der Waals surface area contributed by atoms with Crippen molar-refractivity contribution in [3.05, 3.63) is 93.9 Å². The Hall–Kier alpha value is -4.24. The number of hydrogen-bond acceptors (Lipinski definition) is 4. The van der Waals surface area contributed by atoms with E-state index < -0.39 is 5.82 Å². The van der Waals surface area contributed by atoms with Crippen molar-refractivity contribution in [1.82, 2.24) is 14.5 Å². The minimum absolute atomic E-state index is 0.158. The number of fused-ring (bicyclic) bond motifs is 1. The quantitative estimate of drug-likeness (QED) is 0.487. The number of nitrogens with zero attached hydrogens (tertiary/aromatic N) is 3. The Bertz CT molecular complexity index is 1370. The van der Waals surface area contributed by atoms with E-state index in [-0.39, 0.29) is 11.3 Å². The topological polar surface area (TPSA) is 57.0 Å². The number of ether oxygens (including phenoxy) is 1. The van der Waals surface area contributed by atoms with Gasteiger partial charge in [-0.1, -0.05) is 18.1 Å². The van der Waals surface area contributed by atoms with Crippen LogP contribution in [0, 0.1) is 18.2 Å². The average Bonchev–Trinajstić information content (AvgIpc) is 2.78. The molecule has 0 radical (unpaired) electrons. The summed E-state index contributed by atoms with van der Waals surface area (Å²) in [6.45, 7) is 0. The van der Waals surface area contributed by atoms with E-state index in [0.29, 0.717) is 33.7 Å².